The number of methoxy groups -OCH3 is 1. The maximum Gasteiger partial charge on any atom is 0.359 e. The highest BCUT2D eigenvalue weighted by molar-refractivity contribution is 5.87. The molecule has 0 unspecified atom stereocenters. The number of carbonyl (C=O) groups excluding carboxylic acids is 1. The topological polar surface area (TPSA) is 53.4 Å². The van der Waals surface area contributed by atoms with Gasteiger partial charge in [-0.25, -0.2) is 4.79 Å². The molecule has 1 saturated carbocycles. The zero-order valence-electron chi connectivity index (χ0n) is 14.1. The molecule has 2 atom stereocenters. The van der Waals surface area contributed by atoms with Crippen molar-refractivity contribution in [1.82, 2.24) is 9.78 Å². The Kier molecular flexibility index (Phi) is 3.91. The smallest absolute Gasteiger partial charge is 0.359 e. The van der Waals surface area contributed by atoms with Crippen molar-refractivity contribution in [2.75, 3.05) is 7.11 Å². The lowest BCUT2D eigenvalue weighted by molar-refractivity contribution is -0.229. The number of carbonyl (C=O) groups is 1. The lowest BCUT2D eigenvalue weighted by Gasteiger charge is -2.57. The maximum atomic E-state index is 12.3. The van der Waals surface area contributed by atoms with Crippen LogP contribution in [0.15, 0.2) is 6.07 Å². The first-order valence-corrected chi connectivity index (χ1v) is 7.42. The molecule has 0 saturated heterocycles. The van der Waals surface area contributed by atoms with Crippen LogP contribution in [0.4, 0.5) is 0 Å². The Hall–Kier alpha value is -1.36. The van der Waals surface area contributed by atoms with E-state index in [-0.39, 0.29) is 23.1 Å². The second-order valence-corrected chi connectivity index (χ2v) is 6.99. The molecule has 118 valence electrons. The summed E-state index contributed by atoms with van der Waals surface area (Å²) in [5, 5.41) is 4.26. The number of hydrogen-bond acceptors (Lipinski definition) is 4. The number of nitrogens with zero attached hydrogens (tertiary/aromatic N) is 2. The highest BCUT2D eigenvalue weighted by Crippen LogP contribution is 2.53. The minimum absolute atomic E-state index is 0.139. The molecule has 5 heteroatoms. The van der Waals surface area contributed by atoms with Crippen molar-refractivity contribution in [3.05, 3.63) is 17.5 Å². The van der Waals surface area contributed by atoms with Gasteiger partial charge in [0.1, 0.15) is 6.10 Å². The van der Waals surface area contributed by atoms with Gasteiger partial charge in [-0.05, 0) is 18.9 Å². The number of hydrogen-bond donors (Lipinski definition) is 0. The molecule has 5 nitrogen and oxygen atoms in total. The van der Waals surface area contributed by atoms with Crippen LogP contribution in [0, 0.1) is 5.41 Å². The summed E-state index contributed by atoms with van der Waals surface area (Å²) in [6.07, 6.45) is 0.575. The lowest BCUT2D eigenvalue weighted by Crippen LogP contribution is -2.64. The number of esters is 1. The van der Waals surface area contributed by atoms with Crippen molar-refractivity contribution in [1.29, 1.82) is 0 Å². The van der Waals surface area contributed by atoms with Gasteiger partial charge in [-0.1, -0.05) is 27.7 Å². The van der Waals surface area contributed by atoms with Crippen molar-refractivity contribution >= 4 is 5.97 Å². The van der Waals surface area contributed by atoms with E-state index in [1.165, 1.54) is 0 Å². The van der Waals surface area contributed by atoms with Crippen LogP contribution >= 0.6 is 0 Å². The molecule has 1 aliphatic carbocycles. The van der Waals surface area contributed by atoms with Gasteiger partial charge in [-0.3, -0.25) is 4.68 Å². The number of aromatic nitrogens is 2. The Balaban J connectivity index is 2.08. The molecule has 1 fully saturated rings. The molecule has 0 aliphatic heterocycles. The molecular weight excluding hydrogens is 268 g/mol. The van der Waals surface area contributed by atoms with Crippen molar-refractivity contribution in [2.24, 2.45) is 12.5 Å². The molecule has 0 bridgehead atoms. The minimum atomic E-state index is -0.353. The van der Waals surface area contributed by atoms with Gasteiger partial charge in [0.25, 0.3) is 0 Å². The van der Waals surface area contributed by atoms with Crippen LogP contribution in [0.5, 0.6) is 0 Å². The number of aryl methyl sites for hydroxylation is 1. The summed E-state index contributed by atoms with van der Waals surface area (Å²) in [4.78, 5) is 12.3. The fourth-order valence-electron chi connectivity index (χ4n) is 2.93. The standard InChI is InChI=1S/C16H26N2O3/c1-10(2)12-8-11(17-18(12)6)14(19)21-13-9-16(5,20-7)15(13,3)4/h8,10,13H,9H2,1-7H3/t13-,16-/m1/s1. The molecule has 0 aromatic carbocycles. The van der Waals surface area contributed by atoms with E-state index >= 15 is 0 Å². The Morgan fingerprint density at radius 1 is 1.43 bits per heavy atom. The van der Waals surface area contributed by atoms with Gasteiger partial charge < -0.3 is 9.47 Å². The normalized spacial score (nSPS) is 27.5. The summed E-state index contributed by atoms with van der Waals surface area (Å²) in [6.45, 7) is 10.3. The van der Waals surface area contributed by atoms with E-state index in [9.17, 15) is 4.79 Å². The lowest BCUT2D eigenvalue weighted by atomic mass is 9.57. The molecule has 0 radical (unpaired) electrons. The summed E-state index contributed by atoms with van der Waals surface area (Å²) in [5.41, 5.74) is 0.956. The summed E-state index contributed by atoms with van der Waals surface area (Å²) in [5.74, 6) is -0.0327. The molecule has 1 heterocycles. The SMILES string of the molecule is CO[C@]1(C)C[C@@H](OC(=O)c2cc(C(C)C)n(C)n2)C1(C)C. The van der Waals surface area contributed by atoms with E-state index < -0.39 is 0 Å². The van der Waals surface area contributed by atoms with Gasteiger partial charge in [0.15, 0.2) is 5.69 Å². The Bertz CT molecular complexity index is 548. The summed E-state index contributed by atoms with van der Waals surface area (Å²) >= 11 is 0. The molecule has 1 aromatic heterocycles. The van der Waals surface area contributed by atoms with Crippen LogP contribution in [0.25, 0.3) is 0 Å². The van der Waals surface area contributed by atoms with Gasteiger partial charge >= 0.3 is 5.97 Å². The molecule has 1 aromatic rings. The first-order chi connectivity index (χ1) is 9.62. The molecule has 0 amide bonds. The Labute approximate surface area is 126 Å². The van der Waals surface area contributed by atoms with E-state index in [2.05, 4.69) is 39.7 Å². The highest BCUT2D eigenvalue weighted by Gasteiger charge is 2.60. The second-order valence-electron chi connectivity index (χ2n) is 6.99. The van der Waals surface area contributed by atoms with Crippen molar-refractivity contribution in [3.63, 3.8) is 0 Å². The molecular formula is C16H26N2O3. The fourth-order valence-corrected chi connectivity index (χ4v) is 2.93. The zero-order valence-corrected chi connectivity index (χ0v) is 14.1. The van der Waals surface area contributed by atoms with Crippen molar-refractivity contribution in [2.45, 2.75) is 58.7 Å². The van der Waals surface area contributed by atoms with E-state index in [0.717, 1.165) is 5.69 Å². The molecule has 0 N–H and O–H groups in total. The van der Waals surface area contributed by atoms with Crippen LogP contribution in [0.2, 0.25) is 0 Å². The summed E-state index contributed by atoms with van der Waals surface area (Å²) < 4.78 is 12.9. The minimum Gasteiger partial charge on any atom is -0.457 e. The molecule has 2 rings (SSSR count). The van der Waals surface area contributed by atoms with Gasteiger partial charge in [-0.15, -0.1) is 0 Å². The average molecular weight is 294 g/mol. The van der Waals surface area contributed by atoms with Gasteiger partial charge in [0.05, 0.1) is 5.60 Å². The fraction of sp³-hybridized carbons (Fsp3) is 0.750. The zero-order chi connectivity index (χ0) is 16.0. The first-order valence-electron chi connectivity index (χ1n) is 7.42. The average Bonchev–Trinajstić information content (AvgIpc) is 2.80. The van der Waals surface area contributed by atoms with Crippen LogP contribution in [0.1, 0.15) is 63.1 Å². The van der Waals surface area contributed by atoms with Crippen LogP contribution in [-0.4, -0.2) is 34.6 Å². The number of rotatable bonds is 4. The van der Waals surface area contributed by atoms with Crippen molar-refractivity contribution < 1.29 is 14.3 Å². The van der Waals surface area contributed by atoms with Crippen LogP contribution in [-0.2, 0) is 16.5 Å². The second kappa shape index (κ2) is 5.13. The maximum absolute atomic E-state index is 12.3. The third kappa shape index (κ3) is 2.48. The first kappa shape index (κ1) is 16.0. The predicted octanol–water partition coefficient (Wildman–Crippen LogP) is 2.90. The monoisotopic (exact) mass is 294 g/mol. The third-order valence-corrected chi connectivity index (χ3v) is 5.16. The predicted molar refractivity (Wildman–Crippen MR) is 80.3 cm³/mol. The third-order valence-electron chi connectivity index (χ3n) is 5.16. The quantitative estimate of drug-likeness (QED) is 0.801. The van der Waals surface area contributed by atoms with E-state index in [4.69, 9.17) is 9.47 Å². The molecule has 21 heavy (non-hydrogen) atoms. The highest BCUT2D eigenvalue weighted by atomic mass is 16.6. The van der Waals surface area contributed by atoms with E-state index in [0.29, 0.717) is 18.0 Å². The molecule has 1 aliphatic rings. The van der Waals surface area contributed by atoms with Gasteiger partial charge in [0.2, 0.25) is 0 Å². The van der Waals surface area contributed by atoms with Crippen molar-refractivity contribution in [3.8, 4) is 0 Å². The van der Waals surface area contributed by atoms with Gasteiger partial charge in [0, 0.05) is 31.7 Å². The van der Waals surface area contributed by atoms with Gasteiger partial charge in [-0.2, -0.15) is 5.10 Å². The molecule has 0 spiro atoms. The summed E-state index contributed by atoms with van der Waals surface area (Å²) in [7, 11) is 3.55. The van der Waals surface area contributed by atoms with Crippen LogP contribution in [0.3, 0.4) is 0 Å². The Morgan fingerprint density at radius 3 is 2.48 bits per heavy atom. The number of ether oxygens (including phenoxy) is 2. The van der Waals surface area contributed by atoms with E-state index in [1.54, 1.807) is 11.8 Å². The summed E-state index contributed by atoms with van der Waals surface area (Å²) in [6, 6.07) is 1.81. The van der Waals surface area contributed by atoms with E-state index in [1.807, 2.05) is 13.1 Å². The Morgan fingerprint density at radius 2 is 2.05 bits per heavy atom. The van der Waals surface area contributed by atoms with Crippen LogP contribution < -0.4 is 0 Å². The largest absolute Gasteiger partial charge is 0.457 e.